The molecule has 0 spiro atoms. The van der Waals surface area contributed by atoms with Crippen molar-refractivity contribution in [2.75, 3.05) is 30.9 Å². The van der Waals surface area contributed by atoms with E-state index in [1.165, 1.54) is 11.0 Å². The average molecular weight is 480 g/mol. The van der Waals surface area contributed by atoms with Crippen molar-refractivity contribution in [1.29, 1.82) is 0 Å². The number of fused-ring (bicyclic) bond motifs is 1. The Kier molecular flexibility index (Phi) is 5.80. The first-order valence-electron chi connectivity index (χ1n) is 10.6. The zero-order valence-corrected chi connectivity index (χ0v) is 19.8. The van der Waals surface area contributed by atoms with E-state index in [4.69, 9.17) is 4.74 Å². The minimum atomic E-state index is -3.46. The zero-order chi connectivity index (χ0) is 24.0. The lowest BCUT2D eigenvalue weighted by molar-refractivity contribution is 0.0257. The summed E-state index contributed by atoms with van der Waals surface area (Å²) in [5, 5.41) is 0. The molecule has 4 rings (SSSR count). The van der Waals surface area contributed by atoms with Crippen molar-refractivity contribution >= 4 is 26.8 Å². The lowest BCUT2D eigenvalue weighted by Crippen LogP contribution is -2.26. The Morgan fingerprint density at radius 1 is 1.18 bits per heavy atom. The molecule has 0 atom stereocenters. The number of anilines is 1. The van der Waals surface area contributed by atoms with E-state index in [0.29, 0.717) is 23.5 Å². The largest absolute Gasteiger partial charge is 0.464 e. The van der Waals surface area contributed by atoms with Gasteiger partial charge in [0.2, 0.25) is 0 Å². The molecule has 1 N–H and O–H groups in total. The molecular formula is C22H27F2N5O3S. The normalized spacial score (nSPS) is 16.5. The van der Waals surface area contributed by atoms with Gasteiger partial charge in [0.15, 0.2) is 21.3 Å². The Morgan fingerprint density at radius 2 is 1.91 bits per heavy atom. The van der Waals surface area contributed by atoms with Crippen LogP contribution in [0.25, 0.3) is 11.2 Å². The Balaban J connectivity index is 1.76. The van der Waals surface area contributed by atoms with Crippen LogP contribution in [0.3, 0.4) is 0 Å². The van der Waals surface area contributed by atoms with Crippen molar-refractivity contribution in [1.82, 2.24) is 19.9 Å². The molecule has 33 heavy (non-hydrogen) atoms. The number of nitrogens with one attached hydrogen (secondary N) is 1. The zero-order valence-electron chi connectivity index (χ0n) is 19.0. The number of H-pyrrole nitrogens is 1. The summed E-state index contributed by atoms with van der Waals surface area (Å²) in [6, 6.07) is 6.83. The SMILES string of the molecule is CC(C)(C)COc1nc2nc(Cc3ccccc3S(C)(=O)=O)nc(N3CCC(F)(F)C3)c2[nH]1. The number of hydrogen-bond acceptors (Lipinski definition) is 7. The smallest absolute Gasteiger partial charge is 0.296 e. The second kappa shape index (κ2) is 8.19. The van der Waals surface area contributed by atoms with Crippen molar-refractivity contribution in [3.8, 4) is 6.01 Å². The molecule has 8 nitrogen and oxygen atoms in total. The summed E-state index contributed by atoms with van der Waals surface area (Å²) < 4.78 is 58.1. The Bertz CT molecular complexity index is 1280. The second-order valence-corrected chi connectivity index (χ2v) is 11.6. The molecule has 0 radical (unpaired) electrons. The molecule has 2 aromatic heterocycles. The number of sulfone groups is 1. The molecule has 11 heteroatoms. The maximum absolute atomic E-state index is 14.0. The predicted molar refractivity (Wildman–Crippen MR) is 121 cm³/mol. The van der Waals surface area contributed by atoms with Gasteiger partial charge in [-0.1, -0.05) is 39.0 Å². The molecule has 178 valence electrons. The molecule has 1 fully saturated rings. The van der Waals surface area contributed by atoms with Crippen LogP contribution in [0.1, 0.15) is 38.6 Å². The van der Waals surface area contributed by atoms with Crippen molar-refractivity contribution < 1.29 is 21.9 Å². The van der Waals surface area contributed by atoms with E-state index in [-0.39, 0.29) is 47.2 Å². The fourth-order valence-electron chi connectivity index (χ4n) is 3.66. The average Bonchev–Trinajstić information content (AvgIpc) is 3.27. The predicted octanol–water partition coefficient (Wildman–Crippen LogP) is 3.62. The van der Waals surface area contributed by atoms with Crippen LogP contribution in [0.15, 0.2) is 29.2 Å². The molecular weight excluding hydrogens is 452 g/mol. The number of halogens is 2. The second-order valence-electron chi connectivity index (χ2n) is 9.64. The van der Waals surface area contributed by atoms with Crippen LogP contribution in [0.5, 0.6) is 6.01 Å². The number of alkyl halides is 2. The summed E-state index contributed by atoms with van der Waals surface area (Å²) in [4.78, 5) is 18.1. The summed E-state index contributed by atoms with van der Waals surface area (Å²) in [5.74, 6) is -2.22. The molecule has 0 aliphatic carbocycles. The Morgan fingerprint density at radius 3 is 2.55 bits per heavy atom. The molecule has 3 aromatic rings. The maximum Gasteiger partial charge on any atom is 0.296 e. The van der Waals surface area contributed by atoms with E-state index in [2.05, 4.69) is 19.9 Å². The summed E-state index contributed by atoms with van der Waals surface area (Å²) in [6.45, 7) is 6.12. The number of rotatable bonds is 6. The van der Waals surface area contributed by atoms with Gasteiger partial charge in [0, 0.05) is 25.6 Å². The number of aromatic amines is 1. The number of nitrogens with zero attached hydrogens (tertiary/aromatic N) is 4. The van der Waals surface area contributed by atoms with Gasteiger partial charge in [-0.25, -0.2) is 27.2 Å². The van der Waals surface area contributed by atoms with Crippen LogP contribution in [0, 0.1) is 5.41 Å². The van der Waals surface area contributed by atoms with Gasteiger partial charge >= 0.3 is 0 Å². The summed E-state index contributed by atoms with van der Waals surface area (Å²) >= 11 is 0. The van der Waals surface area contributed by atoms with Crippen molar-refractivity contribution in [2.45, 2.75) is 44.4 Å². The number of ether oxygens (including phenoxy) is 1. The van der Waals surface area contributed by atoms with Crippen LogP contribution in [0.2, 0.25) is 0 Å². The molecule has 3 heterocycles. The summed E-state index contributed by atoms with van der Waals surface area (Å²) in [7, 11) is -3.46. The number of benzene rings is 1. The molecule has 1 aliphatic heterocycles. The van der Waals surface area contributed by atoms with Gasteiger partial charge in [0.05, 0.1) is 18.0 Å². The highest BCUT2D eigenvalue weighted by atomic mass is 32.2. The first-order valence-corrected chi connectivity index (χ1v) is 12.5. The molecule has 1 aromatic carbocycles. The lowest BCUT2D eigenvalue weighted by Gasteiger charge is -2.18. The Hall–Kier alpha value is -2.82. The molecule has 0 bridgehead atoms. The van der Waals surface area contributed by atoms with Gasteiger partial charge in [-0.2, -0.15) is 4.98 Å². The van der Waals surface area contributed by atoms with Crippen LogP contribution >= 0.6 is 0 Å². The third-order valence-corrected chi connectivity index (χ3v) is 6.39. The number of aromatic nitrogens is 4. The van der Waals surface area contributed by atoms with E-state index in [1.807, 2.05) is 20.8 Å². The van der Waals surface area contributed by atoms with Gasteiger partial charge in [0.25, 0.3) is 11.9 Å². The molecule has 0 unspecified atom stereocenters. The molecule has 1 saturated heterocycles. The van der Waals surface area contributed by atoms with Crippen LogP contribution in [0.4, 0.5) is 14.6 Å². The van der Waals surface area contributed by atoms with E-state index in [1.54, 1.807) is 18.2 Å². The van der Waals surface area contributed by atoms with E-state index >= 15 is 0 Å². The summed E-state index contributed by atoms with van der Waals surface area (Å²) in [5.41, 5.74) is 1.12. The third-order valence-electron chi connectivity index (χ3n) is 5.19. The molecule has 0 amide bonds. The number of imidazole rings is 1. The molecule has 1 aliphatic rings. The highest BCUT2D eigenvalue weighted by molar-refractivity contribution is 7.90. The van der Waals surface area contributed by atoms with Crippen molar-refractivity contribution in [3.63, 3.8) is 0 Å². The Labute approximate surface area is 191 Å². The van der Waals surface area contributed by atoms with E-state index in [9.17, 15) is 17.2 Å². The quantitative estimate of drug-likeness (QED) is 0.576. The van der Waals surface area contributed by atoms with Gasteiger partial charge in [0.1, 0.15) is 11.3 Å². The minimum absolute atomic E-state index is 0.106. The van der Waals surface area contributed by atoms with Crippen molar-refractivity contribution in [3.05, 3.63) is 35.7 Å². The first kappa shape index (κ1) is 23.3. The van der Waals surface area contributed by atoms with Crippen LogP contribution in [-0.4, -0.2) is 60.2 Å². The highest BCUT2D eigenvalue weighted by Gasteiger charge is 2.40. The first-order chi connectivity index (χ1) is 15.3. The molecule has 0 saturated carbocycles. The van der Waals surface area contributed by atoms with E-state index < -0.39 is 22.3 Å². The van der Waals surface area contributed by atoms with E-state index in [0.717, 1.165) is 6.26 Å². The van der Waals surface area contributed by atoms with Gasteiger partial charge < -0.3 is 14.6 Å². The standard InChI is InChI=1S/C22H27F2N5O3S/c1-21(2,3)13-32-20-27-17-18(28-20)25-16(26-19(17)29-10-9-22(23,24)12-29)11-14-7-5-6-8-15(14)33(4,30)31/h5-8H,9-13H2,1-4H3,(H,25,26,27,28). The topological polar surface area (TPSA) is 101 Å². The summed E-state index contributed by atoms with van der Waals surface area (Å²) in [6.07, 6.45) is 0.980. The monoisotopic (exact) mass is 479 g/mol. The van der Waals surface area contributed by atoms with Gasteiger partial charge in [-0.3, -0.25) is 0 Å². The van der Waals surface area contributed by atoms with Crippen LogP contribution in [-0.2, 0) is 16.3 Å². The number of hydrogen-bond donors (Lipinski definition) is 1. The fourth-order valence-corrected chi connectivity index (χ4v) is 4.61. The minimum Gasteiger partial charge on any atom is -0.464 e. The van der Waals surface area contributed by atoms with Gasteiger partial charge in [-0.15, -0.1) is 0 Å². The van der Waals surface area contributed by atoms with Crippen LogP contribution < -0.4 is 9.64 Å². The third kappa shape index (κ3) is 5.40. The van der Waals surface area contributed by atoms with Crippen molar-refractivity contribution in [2.24, 2.45) is 5.41 Å². The van der Waals surface area contributed by atoms with Gasteiger partial charge in [-0.05, 0) is 17.0 Å². The maximum atomic E-state index is 14.0. The highest BCUT2D eigenvalue weighted by Crippen LogP contribution is 2.34. The fraction of sp³-hybridized carbons (Fsp3) is 0.500. The lowest BCUT2D eigenvalue weighted by atomic mass is 9.99.